The highest BCUT2D eigenvalue weighted by atomic mass is 16.5. The Kier molecular flexibility index (Phi) is 6.21. The van der Waals surface area contributed by atoms with E-state index in [2.05, 4.69) is 0 Å². The molecule has 0 amide bonds. The zero-order valence-electron chi connectivity index (χ0n) is 17.7. The van der Waals surface area contributed by atoms with E-state index in [1.807, 2.05) is 55.5 Å². The van der Waals surface area contributed by atoms with Gasteiger partial charge in [0.15, 0.2) is 6.23 Å². The molecule has 1 heterocycles. The minimum absolute atomic E-state index is 0.0710. The van der Waals surface area contributed by atoms with Crippen LogP contribution in [0.15, 0.2) is 59.5 Å². The van der Waals surface area contributed by atoms with Gasteiger partial charge in [-0.1, -0.05) is 30.3 Å². The molecule has 3 aromatic rings. The van der Waals surface area contributed by atoms with Crippen molar-refractivity contribution < 1.29 is 9.47 Å². The second-order valence-electron chi connectivity index (χ2n) is 8.24. The molecular weight excluding hydrogens is 376 g/mol. The molecule has 1 aliphatic rings. The molecule has 1 unspecified atom stereocenters. The van der Waals surface area contributed by atoms with Gasteiger partial charge in [-0.05, 0) is 68.2 Å². The number of aromatic nitrogens is 1. The number of nitrogens with zero attached hydrogens (tertiary/aromatic N) is 1. The summed E-state index contributed by atoms with van der Waals surface area (Å²) in [4.78, 5) is 13.3. The van der Waals surface area contributed by atoms with Crippen molar-refractivity contribution in [2.24, 2.45) is 5.73 Å². The highest BCUT2D eigenvalue weighted by Crippen LogP contribution is 2.29. The van der Waals surface area contributed by atoms with Gasteiger partial charge in [0.1, 0.15) is 5.75 Å². The van der Waals surface area contributed by atoms with E-state index in [0.29, 0.717) is 5.39 Å². The van der Waals surface area contributed by atoms with Gasteiger partial charge >= 0.3 is 0 Å². The van der Waals surface area contributed by atoms with Crippen molar-refractivity contribution in [2.75, 3.05) is 7.11 Å². The van der Waals surface area contributed by atoms with Crippen molar-refractivity contribution in [1.29, 1.82) is 0 Å². The van der Waals surface area contributed by atoms with Crippen LogP contribution in [0.3, 0.4) is 0 Å². The minimum Gasteiger partial charge on any atom is -0.490 e. The van der Waals surface area contributed by atoms with E-state index in [9.17, 15) is 4.79 Å². The summed E-state index contributed by atoms with van der Waals surface area (Å²) in [5.74, 6) is 0.853. The van der Waals surface area contributed by atoms with Gasteiger partial charge in [0.2, 0.25) is 0 Å². The number of methoxy groups -OCH3 is 1. The van der Waals surface area contributed by atoms with Crippen LogP contribution in [0.1, 0.15) is 49.5 Å². The molecule has 1 aliphatic carbocycles. The number of hydrogen-bond acceptors (Lipinski definition) is 4. The van der Waals surface area contributed by atoms with Crippen LogP contribution < -0.4 is 16.0 Å². The summed E-state index contributed by atoms with van der Waals surface area (Å²) >= 11 is 0. The van der Waals surface area contributed by atoms with Crippen molar-refractivity contribution in [3.8, 4) is 5.75 Å². The number of nitrogens with two attached hydrogens (primary N) is 1. The molecule has 2 aromatic carbocycles. The van der Waals surface area contributed by atoms with E-state index in [-0.39, 0.29) is 17.7 Å². The number of rotatable bonds is 5. The lowest BCUT2D eigenvalue weighted by atomic mass is 10.1. The Morgan fingerprint density at radius 2 is 1.87 bits per heavy atom. The standard InChI is InChI=1S/C25H30N2O3/c1-17-15-22-19(16-23(17)30-21-10-6-9-20(26)11-12-21)13-14-27(24(22)28)25(29-2)18-7-4-3-5-8-18/h3-5,7-8,13-16,20-21,25H,6,9-12,26H2,1-2H3/t20-,21+,25?/m1/s1. The summed E-state index contributed by atoms with van der Waals surface area (Å²) in [6.45, 7) is 2.00. The average molecular weight is 407 g/mol. The van der Waals surface area contributed by atoms with Gasteiger partial charge in [0.25, 0.3) is 5.56 Å². The summed E-state index contributed by atoms with van der Waals surface area (Å²) in [5, 5.41) is 1.55. The fourth-order valence-electron chi connectivity index (χ4n) is 4.33. The van der Waals surface area contributed by atoms with Crippen LogP contribution in [0, 0.1) is 6.92 Å². The van der Waals surface area contributed by atoms with Crippen molar-refractivity contribution in [3.05, 3.63) is 76.2 Å². The Balaban J connectivity index is 1.66. The maximum atomic E-state index is 13.3. The van der Waals surface area contributed by atoms with Crippen molar-refractivity contribution >= 4 is 10.8 Å². The van der Waals surface area contributed by atoms with Crippen LogP contribution in [0.4, 0.5) is 0 Å². The van der Waals surface area contributed by atoms with E-state index >= 15 is 0 Å². The molecule has 0 saturated heterocycles. The maximum Gasteiger partial charge on any atom is 0.260 e. The number of benzene rings is 2. The van der Waals surface area contributed by atoms with Crippen LogP contribution in [0.2, 0.25) is 0 Å². The highest BCUT2D eigenvalue weighted by Gasteiger charge is 2.20. The fourth-order valence-corrected chi connectivity index (χ4v) is 4.33. The highest BCUT2D eigenvalue weighted by molar-refractivity contribution is 5.84. The van der Waals surface area contributed by atoms with Crippen molar-refractivity contribution in [1.82, 2.24) is 4.57 Å². The minimum atomic E-state index is -0.463. The predicted octanol–water partition coefficient (Wildman–Crippen LogP) is 4.54. The van der Waals surface area contributed by atoms with E-state index in [1.165, 1.54) is 0 Å². The largest absolute Gasteiger partial charge is 0.490 e. The lowest BCUT2D eigenvalue weighted by Gasteiger charge is -2.21. The third kappa shape index (κ3) is 4.27. The van der Waals surface area contributed by atoms with Crippen molar-refractivity contribution in [2.45, 2.75) is 57.4 Å². The van der Waals surface area contributed by atoms with E-state index in [1.54, 1.807) is 17.9 Å². The average Bonchev–Trinajstić information content (AvgIpc) is 2.96. The fraction of sp³-hybridized carbons (Fsp3) is 0.400. The first kappa shape index (κ1) is 20.6. The van der Waals surface area contributed by atoms with Crippen LogP contribution in [-0.2, 0) is 4.74 Å². The number of fused-ring (bicyclic) bond motifs is 1. The molecule has 3 atom stereocenters. The summed E-state index contributed by atoms with van der Waals surface area (Å²) in [6.07, 6.45) is 6.70. The Labute approximate surface area is 177 Å². The summed E-state index contributed by atoms with van der Waals surface area (Å²) in [5.41, 5.74) is 7.94. The molecule has 1 aromatic heterocycles. The first-order chi connectivity index (χ1) is 14.6. The molecule has 5 nitrogen and oxygen atoms in total. The number of aryl methyl sites for hydroxylation is 1. The second-order valence-corrected chi connectivity index (χ2v) is 8.24. The van der Waals surface area contributed by atoms with Gasteiger partial charge in [-0.15, -0.1) is 0 Å². The first-order valence-corrected chi connectivity index (χ1v) is 10.7. The maximum absolute atomic E-state index is 13.3. The van der Waals surface area contributed by atoms with Gasteiger partial charge in [0.05, 0.1) is 6.10 Å². The molecule has 5 heteroatoms. The SMILES string of the molecule is COC(c1ccccc1)n1ccc2cc(O[C@H]3CCC[C@@H](N)CC3)c(C)cc2c1=O. The molecule has 158 valence electrons. The Hall–Kier alpha value is -2.63. The molecule has 0 bridgehead atoms. The Morgan fingerprint density at radius 1 is 1.07 bits per heavy atom. The smallest absolute Gasteiger partial charge is 0.260 e. The van der Waals surface area contributed by atoms with Crippen LogP contribution >= 0.6 is 0 Å². The molecule has 0 aliphatic heterocycles. The van der Waals surface area contributed by atoms with Crippen molar-refractivity contribution in [3.63, 3.8) is 0 Å². The van der Waals surface area contributed by atoms with Gasteiger partial charge in [0, 0.05) is 30.3 Å². The summed E-state index contributed by atoms with van der Waals surface area (Å²) in [6, 6.07) is 15.9. The molecule has 4 rings (SSSR count). The normalized spacial score (nSPS) is 20.6. The van der Waals surface area contributed by atoms with E-state index < -0.39 is 6.23 Å². The van der Waals surface area contributed by atoms with Gasteiger partial charge in [-0.25, -0.2) is 0 Å². The Morgan fingerprint density at radius 3 is 2.63 bits per heavy atom. The van der Waals surface area contributed by atoms with E-state index in [0.717, 1.165) is 54.4 Å². The first-order valence-electron chi connectivity index (χ1n) is 10.7. The lowest BCUT2D eigenvalue weighted by molar-refractivity contribution is 0.0760. The molecule has 2 N–H and O–H groups in total. The second kappa shape index (κ2) is 9.02. The van der Waals surface area contributed by atoms with E-state index in [4.69, 9.17) is 15.2 Å². The van der Waals surface area contributed by atoms with Gasteiger partial charge in [-0.3, -0.25) is 9.36 Å². The Bertz CT molecular complexity index is 1060. The number of hydrogen-bond donors (Lipinski definition) is 1. The molecular formula is C25H30N2O3. The third-order valence-corrected chi connectivity index (χ3v) is 6.04. The topological polar surface area (TPSA) is 66.5 Å². The molecule has 0 spiro atoms. The van der Waals surface area contributed by atoms with Gasteiger partial charge < -0.3 is 15.2 Å². The number of ether oxygens (including phenoxy) is 2. The number of pyridine rings is 1. The summed E-state index contributed by atoms with van der Waals surface area (Å²) in [7, 11) is 1.62. The lowest BCUT2D eigenvalue weighted by Crippen LogP contribution is -2.26. The summed E-state index contributed by atoms with van der Waals surface area (Å²) < 4.78 is 13.6. The monoisotopic (exact) mass is 406 g/mol. The zero-order valence-corrected chi connectivity index (χ0v) is 17.7. The van der Waals surface area contributed by atoms with Crippen LogP contribution in [0.25, 0.3) is 10.8 Å². The molecule has 1 saturated carbocycles. The molecule has 0 radical (unpaired) electrons. The molecule has 30 heavy (non-hydrogen) atoms. The predicted molar refractivity (Wildman–Crippen MR) is 120 cm³/mol. The zero-order chi connectivity index (χ0) is 21.1. The quantitative estimate of drug-likeness (QED) is 0.632. The third-order valence-electron chi connectivity index (χ3n) is 6.04. The van der Waals surface area contributed by atoms with Crippen LogP contribution in [0.5, 0.6) is 5.75 Å². The van der Waals surface area contributed by atoms with Crippen LogP contribution in [-0.4, -0.2) is 23.8 Å². The molecule has 1 fully saturated rings. The van der Waals surface area contributed by atoms with Gasteiger partial charge in [-0.2, -0.15) is 0 Å².